The van der Waals surface area contributed by atoms with Gasteiger partial charge in [0.25, 0.3) is 0 Å². The van der Waals surface area contributed by atoms with Crippen LogP contribution in [0.25, 0.3) is 4.98 Å². The van der Waals surface area contributed by atoms with Gasteiger partial charge < -0.3 is 10.8 Å². The molecule has 1 rings (SSSR count). The molecular formula is C8H10N3O+. The van der Waals surface area contributed by atoms with Crippen molar-refractivity contribution < 1.29 is 5.11 Å². The third-order valence-electron chi connectivity index (χ3n) is 1.75. The van der Waals surface area contributed by atoms with E-state index in [4.69, 9.17) is 11.1 Å². The lowest BCUT2D eigenvalue weighted by Gasteiger charge is -2.00. The van der Waals surface area contributed by atoms with Crippen molar-refractivity contribution in [2.75, 3.05) is 5.73 Å². The molecule has 1 aromatic carbocycles. The topological polar surface area (TPSA) is 74.4 Å². The molecule has 0 aromatic heterocycles. The fraction of sp³-hybridized carbons (Fsp3) is 0.250. The second-order valence-electron chi connectivity index (χ2n) is 2.45. The predicted octanol–water partition coefficient (Wildman–Crippen LogP) is 2.02. The first-order chi connectivity index (χ1) is 5.70. The standard InChI is InChI=1S/C8H9N3O/c1-2-5-7(11-10)4-3-6(9)8(5)12/h3-4,9-10H,2H2,1H3/p+1. The monoisotopic (exact) mass is 164 g/mol. The Morgan fingerprint density at radius 3 is 2.75 bits per heavy atom. The van der Waals surface area contributed by atoms with E-state index >= 15 is 0 Å². The van der Waals surface area contributed by atoms with Crippen molar-refractivity contribution in [1.29, 1.82) is 5.39 Å². The molecule has 0 bridgehead atoms. The lowest BCUT2D eigenvalue weighted by Crippen LogP contribution is -1.89. The number of nitrogen functional groups attached to an aromatic ring is 1. The third-order valence-corrected chi connectivity index (χ3v) is 1.75. The summed E-state index contributed by atoms with van der Waals surface area (Å²) >= 11 is 0. The summed E-state index contributed by atoms with van der Waals surface area (Å²) < 4.78 is 0. The van der Waals surface area contributed by atoms with Gasteiger partial charge in [0.2, 0.25) is 5.39 Å². The Morgan fingerprint density at radius 1 is 1.58 bits per heavy atom. The highest BCUT2D eigenvalue weighted by atomic mass is 16.3. The number of nitrogens with two attached hydrogens (primary N) is 1. The molecule has 0 unspecified atom stereocenters. The van der Waals surface area contributed by atoms with E-state index in [1.807, 2.05) is 6.92 Å². The summed E-state index contributed by atoms with van der Waals surface area (Å²) in [6.45, 7) is 1.85. The number of nitrogens with zero attached hydrogens (tertiary/aromatic N) is 2. The molecule has 0 heterocycles. The minimum atomic E-state index is 0.00722. The maximum atomic E-state index is 9.41. The second kappa shape index (κ2) is 3.09. The zero-order chi connectivity index (χ0) is 9.14. The number of diazo groups is 1. The Labute approximate surface area is 70.3 Å². The van der Waals surface area contributed by atoms with Gasteiger partial charge in [0.05, 0.1) is 11.3 Å². The van der Waals surface area contributed by atoms with Crippen LogP contribution in [-0.4, -0.2) is 5.11 Å². The minimum absolute atomic E-state index is 0.00722. The molecule has 0 radical (unpaired) electrons. The first kappa shape index (κ1) is 8.34. The molecule has 1 aromatic rings. The molecule has 0 spiro atoms. The molecule has 0 aliphatic rings. The quantitative estimate of drug-likeness (QED) is 0.379. The smallest absolute Gasteiger partial charge is 0.392 e. The Hall–Kier alpha value is -1.76. The van der Waals surface area contributed by atoms with Gasteiger partial charge in [-0.15, -0.1) is 0 Å². The van der Waals surface area contributed by atoms with E-state index in [0.29, 0.717) is 23.4 Å². The van der Waals surface area contributed by atoms with Gasteiger partial charge >= 0.3 is 5.69 Å². The van der Waals surface area contributed by atoms with Crippen LogP contribution in [0.5, 0.6) is 5.75 Å². The number of hydrogen-bond acceptors (Lipinski definition) is 3. The molecule has 4 nitrogen and oxygen atoms in total. The number of rotatable bonds is 1. The van der Waals surface area contributed by atoms with Crippen LogP contribution >= 0.6 is 0 Å². The van der Waals surface area contributed by atoms with Crippen LogP contribution in [0.4, 0.5) is 11.4 Å². The fourth-order valence-electron chi connectivity index (χ4n) is 1.09. The van der Waals surface area contributed by atoms with Crippen LogP contribution < -0.4 is 5.73 Å². The highest BCUT2D eigenvalue weighted by Crippen LogP contribution is 2.33. The fourth-order valence-corrected chi connectivity index (χ4v) is 1.09. The average molecular weight is 164 g/mol. The van der Waals surface area contributed by atoms with Gasteiger partial charge in [0, 0.05) is 6.07 Å². The van der Waals surface area contributed by atoms with Gasteiger partial charge in [0.15, 0.2) is 4.98 Å². The lowest BCUT2D eigenvalue weighted by atomic mass is 10.1. The van der Waals surface area contributed by atoms with E-state index in [-0.39, 0.29) is 5.75 Å². The second-order valence-corrected chi connectivity index (χ2v) is 2.45. The Bertz CT molecular complexity index is 341. The summed E-state index contributed by atoms with van der Waals surface area (Å²) in [6, 6.07) is 3.07. The molecule has 0 aliphatic carbocycles. The van der Waals surface area contributed by atoms with E-state index in [0.717, 1.165) is 0 Å². The Balaban J connectivity index is 3.38. The summed E-state index contributed by atoms with van der Waals surface area (Å²) in [7, 11) is 0. The zero-order valence-electron chi connectivity index (χ0n) is 6.78. The number of aromatic hydroxyl groups is 1. The first-order valence-electron chi connectivity index (χ1n) is 3.66. The van der Waals surface area contributed by atoms with Gasteiger partial charge in [-0.25, -0.2) is 0 Å². The van der Waals surface area contributed by atoms with Crippen molar-refractivity contribution in [3.05, 3.63) is 22.7 Å². The van der Waals surface area contributed by atoms with Gasteiger partial charge in [-0.05, 0) is 12.5 Å². The van der Waals surface area contributed by atoms with Crippen molar-refractivity contribution in [3.63, 3.8) is 0 Å². The molecule has 0 atom stereocenters. The molecule has 0 saturated carbocycles. The average Bonchev–Trinajstić information content (AvgIpc) is 2.09. The van der Waals surface area contributed by atoms with Gasteiger partial charge in [-0.3, -0.25) is 0 Å². The van der Waals surface area contributed by atoms with Gasteiger partial charge in [-0.2, -0.15) is 0 Å². The van der Waals surface area contributed by atoms with Crippen LogP contribution in [-0.2, 0) is 6.42 Å². The largest absolute Gasteiger partial charge is 0.505 e. The van der Waals surface area contributed by atoms with Crippen molar-refractivity contribution in [3.8, 4) is 5.75 Å². The van der Waals surface area contributed by atoms with E-state index in [2.05, 4.69) is 4.98 Å². The molecule has 0 aliphatic heterocycles. The summed E-state index contributed by atoms with van der Waals surface area (Å²) in [5.41, 5.74) is 6.68. The van der Waals surface area contributed by atoms with E-state index in [9.17, 15) is 5.11 Å². The Morgan fingerprint density at radius 2 is 2.25 bits per heavy atom. The van der Waals surface area contributed by atoms with E-state index in [1.165, 1.54) is 6.07 Å². The van der Waals surface area contributed by atoms with Crippen molar-refractivity contribution in [2.45, 2.75) is 13.3 Å². The lowest BCUT2D eigenvalue weighted by molar-refractivity contribution is 0.472. The molecule has 12 heavy (non-hydrogen) atoms. The van der Waals surface area contributed by atoms with Crippen LogP contribution in [0, 0.1) is 5.39 Å². The van der Waals surface area contributed by atoms with Crippen LogP contribution in [0.1, 0.15) is 12.5 Å². The minimum Gasteiger partial charge on any atom is -0.505 e. The molecular weight excluding hydrogens is 154 g/mol. The highest BCUT2D eigenvalue weighted by molar-refractivity contribution is 5.67. The normalized spacial score (nSPS) is 9.33. The predicted molar refractivity (Wildman–Crippen MR) is 46.6 cm³/mol. The molecule has 4 heteroatoms. The Kier molecular flexibility index (Phi) is 2.15. The zero-order valence-corrected chi connectivity index (χ0v) is 6.78. The number of benzene rings is 1. The third kappa shape index (κ3) is 1.17. The molecule has 62 valence electrons. The number of anilines is 1. The number of phenols is 1. The van der Waals surface area contributed by atoms with Crippen molar-refractivity contribution >= 4 is 11.4 Å². The van der Waals surface area contributed by atoms with Crippen molar-refractivity contribution in [1.82, 2.24) is 0 Å². The summed E-state index contributed by atoms with van der Waals surface area (Å²) in [5, 5.41) is 18.0. The maximum absolute atomic E-state index is 9.41. The summed E-state index contributed by atoms with van der Waals surface area (Å²) in [5.74, 6) is 0.00722. The van der Waals surface area contributed by atoms with Gasteiger partial charge in [0.1, 0.15) is 5.75 Å². The molecule has 0 saturated heterocycles. The summed E-state index contributed by atoms with van der Waals surface area (Å²) in [6.07, 6.45) is 0.580. The molecule has 3 N–H and O–H groups in total. The van der Waals surface area contributed by atoms with Crippen LogP contribution in [0.15, 0.2) is 12.1 Å². The first-order valence-corrected chi connectivity index (χ1v) is 3.66. The molecule has 0 fully saturated rings. The SMILES string of the molecule is CCc1c([N+]#N)ccc(N)c1O. The van der Waals surface area contributed by atoms with E-state index in [1.54, 1.807) is 6.07 Å². The van der Waals surface area contributed by atoms with Crippen LogP contribution in [0.3, 0.4) is 0 Å². The molecule has 0 amide bonds. The maximum Gasteiger partial charge on any atom is 0.392 e. The van der Waals surface area contributed by atoms with Gasteiger partial charge in [-0.1, -0.05) is 6.92 Å². The highest BCUT2D eigenvalue weighted by Gasteiger charge is 2.17. The summed E-state index contributed by atoms with van der Waals surface area (Å²) in [4.78, 5) is 3.03. The van der Waals surface area contributed by atoms with Crippen LogP contribution in [0.2, 0.25) is 0 Å². The number of hydrogen-bond donors (Lipinski definition) is 2. The van der Waals surface area contributed by atoms with E-state index < -0.39 is 0 Å². The number of phenolic OH excluding ortho intramolecular Hbond substituents is 1. The van der Waals surface area contributed by atoms with Crippen molar-refractivity contribution in [2.24, 2.45) is 0 Å².